The second-order valence-electron chi connectivity index (χ2n) is 2.93. The molecule has 0 bridgehead atoms. The molecule has 0 aromatic carbocycles. The van der Waals surface area contributed by atoms with Gasteiger partial charge in [0.05, 0.1) is 0 Å². The first-order valence-corrected chi connectivity index (χ1v) is 5.57. The zero-order chi connectivity index (χ0) is 9.97. The second kappa shape index (κ2) is 4.10. The molecule has 0 amide bonds. The van der Waals surface area contributed by atoms with Gasteiger partial charge in [0.2, 0.25) is 0 Å². The Balaban J connectivity index is 2.17. The minimum atomic E-state index is -0.110. The fraction of sp³-hybridized carbons (Fsp3) is 0.625. The molecule has 6 heteroatoms. The fourth-order valence-corrected chi connectivity index (χ4v) is 1.98. The van der Waals surface area contributed by atoms with Gasteiger partial charge in [0, 0.05) is 19.1 Å². The van der Waals surface area contributed by atoms with E-state index in [0.29, 0.717) is 6.42 Å². The summed E-state index contributed by atoms with van der Waals surface area (Å²) < 4.78 is 1.77. The summed E-state index contributed by atoms with van der Waals surface area (Å²) >= 11 is 1.68. The van der Waals surface area contributed by atoms with Gasteiger partial charge in [0.25, 0.3) is 0 Å². The number of aromatic nitrogens is 2. The molecule has 1 N–H and O–H groups in total. The van der Waals surface area contributed by atoms with Gasteiger partial charge >= 0.3 is 0 Å². The number of thioether (sulfide) groups is 1. The summed E-state index contributed by atoms with van der Waals surface area (Å²) in [5.41, 5.74) is 0. The molecule has 14 heavy (non-hydrogen) atoms. The number of hydrogen-bond donors (Lipinski definition) is 1. The molecule has 0 saturated heterocycles. The number of fused-ring (bicyclic) bond motifs is 1. The Kier molecular flexibility index (Phi) is 2.83. The molecule has 1 aliphatic rings. The van der Waals surface area contributed by atoms with E-state index in [4.69, 9.17) is 5.11 Å². The maximum atomic E-state index is 8.81. The van der Waals surface area contributed by atoms with Gasteiger partial charge in [-0.2, -0.15) is 10.2 Å². The molecule has 1 aromatic rings. The minimum Gasteiger partial charge on any atom is -0.396 e. The van der Waals surface area contributed by atoms with Crippen LogP contribution in [0.1, 0.15) is 19.5 Å². The molecule has 0 aliphatic carbocycles. The van der Waals surface area contributed by atoms with Crippen molar-refractivity contribution in [1.29, 1.82) is 0 Å². The Bertz CT molecular complexity index is 349. The Morgan fingerprint density at radius 2 is 2.50 bits per heavy atom. The van der Waals surface area contributed by atoms with E-state index in [1.807, 2.05) is 6.07 Å². The molecule has 0 spiro atoms. The van der Waals surface area contributed by atoms with Crippen molar-refractivity contribution in [1.82, 2.24) is 9.78 Å². The SMILES string of the molecule is CCSc1cc2n(n1)C(CCO)N=N2. The molecule has 76 valence electrons. The standard InChI is InChI=1S/C8H12N4OS/c1-2-14-8-5-7-10-9-6(3-4-13)12(7)11-8/h5-6,13H,2-4H2,1H3. The van der Waals surface area contributed by atoms with Crippen molar-refractivity contribution in [2.45, 2.75) is 24.5 Å². The summed E-state index contributed by atoms with van der Waals surface area (Å²) in [6.45, 7) is 2.20. The topological polar surface area (TPSA) is 62.8 Å². The van der Waals surface area contributed by atoms with Gasteiger partial charge in [-0.1, -0.05) is 6.92 Å². The third-order valence-corrected chi connectivity index (χ3v) is 2.73. The predicted octanol–water partition coefficient (Wildman–Crippen LogP) is 1.97. The molecule has 1 atom stereocenters. The predicted molar refractivity (Wildman–Crippen MR) is 53.9 cm³/mol. The van der Waals surface area contributed by atoms with Crippen molar-refractivity contribution < 1.29 is 5.11 Å². The molecule has 1 unspecified atom stereocenters. The zero-order valence-corrected chi connectivity index (χ0v) is 8.74. The van der Waals surface area contributed by atoms with E-state index in [1.165, 1.54) is 0 Å². The highest BCUT2D eigenvalue weighted by atomic mass is 32.2. The molecule has 0 saturated carbocycles. The number of azo groups is 1. The fourth-order valence-electron chi connectivity index (χ4n) is 1.35. The Morgan fingerprint density at radius 1 is 1.64 bits per heavy atom. The van der Waals surface area contributed by atoms with Crippen molar-refractivity contribution in [3.8, 4) is 0 Å². The van der Waals surface area contributed by atoms with Crippen LogP contribution in [0.15, 0.2) is 21.3 Å². The minimum absolute atomic E-state index is 0.110. The zero-order valence-electron chi connectivity index (χ0n) is 7.92. The monoisotopic (exact) mass is 212 g/mol. The Morgan fingerprint density at radius 3 is 3.21 bits per heavy atom. The van der Waals surface area contributed by atoms with E-state index in [-0.39, 0.29) is 12.8 Å². The van der Waals surface area contributed by atoms with E-state index in [0.717, 1.165) is 16.6 Å². The lowest BCUT2D eigenvalue weighted by atomic mass is 10.4. The highest BCUT2D eigenvalue weighted by Gasteiger charge is 2.21. The summed E-state index contributed by atoms with van der Waals surface area (Å²) in [7, 11) is 0. The van der Waals surface area contributed by atoms with Gasteiger partial charge in [-0.05, 0) is 5.75 Å². The van der Waals surface area contributed by atoms with Crippen molar-refractivity contribution >= 4 is 17.6 Å². The van der Waals surface area contributed by atoms with E-state index >= 15 is 0 Å². The van der Waals surface area contributed by atoms with Gasteiger partial charge in [-0.3, -0.25) is 0 Å². The molecular formula is C8H12N4OS. The number of aliphatic hydroxyl groups is 1. The first kappa shape index (κ1) is 9.67. The number of nitrogens with zero attached hydrogens (tertiary/aromatic N) is 4. The molecule has 0 radical (unpaired) electrons. The first-order chi connectivity index (χ1) is 6.85. The van der Waals surface area contributed by atoms with E-state index in [2.05, 4.69) is 22.3 Å². The maximum absolute atomic E-state index is 8.81. The number of aliphatic hydroxyl groups excluding tert-OH is 1. The average Bonchev–Trinajstić information content (AvgIpc) is 2.69. The van der Waals surface area contributed by atoms with Gasteiger partial charge in [0.1, 0.15) is 5.03 Å². The summed E-state index contributed by atoms with van der Waals surface area (Å²) in [5.74, 6) is 1.79. The molecule has 2 rings (SSSR count). The van der Waals surface area contributed by atoms with E-state index in [1.54, 1.807) is 16.4 Å². The van der Waals surface area contributed by atoms with Gasteiger partial charge in [-0.15, -0.1) is 16.9 Å². The molecule has 2 heterocycles. The third kappa shape index (κ3) is 1.67. The smallest absolute Gasteiger partial charge is 0.175 e. The highest BCUT2D eigenvalue weighted by Crippen LogP contribution is 2.32. The maximum Gasteiger partial charge on any atom is 0.175 e. The van der Waals surface area contributed by atoms with Gasteiger partial charge in [-0.25, -0.2) is 4.68 Å². The van der Waals surface area contributed by atoms with Crippen LogP contribution in [0.4, 0.5) is 5.82 Å². The van der Waals surface area contributed by atoms with Crippen LogP contribution in [0.2, 0.25) is 0 Å². The normalized spacial score (nSPS) is 18.9. The van der Waals surface area contributed by atoms with E-state index in [9.17, 15) is 0 Å². The number of rotatable bonds is 4. The van der Waals surface area contributed by atoms with Crippen molar-refractivity contribution in [2.75, 3.05) is 12.4 Å². The van der Waals surface area contributed by atoms with Crippen LogP contribution in [0, 0.1) is 0 Å². The lowest BCUT2D eigenvalue weighted by Gasteiger charge is -2.04. The average molecular weight is 212 g/mol. The highest BCUT2D eigenvalue weighted by molar-refractivity contribution is 7.99. The van der Waals surface area contributed by atoms with Crippen molar-refractivity contribution in [2.24, 2.45) is 10.2 Å². The molecule has 1 aromatic heterocycles. The van der Waals surface area contributed by atoms with E-state index < -0.39 is 0 Å². The molecule has 1 aliphatic heterocycles. The first-order valence-electron chi connectivity index (χ1n) is 4.59. The van der Waals surface area contributed by atoms with Crippen LogP contribution >= 0.6 is 11.8 Å². The largest absolute Gasteiger partial charge is 0.396 e. The Labute approximate surface area is 86.2 Å². The summed E-state index contributed by atoms with van der Waals surface area (Å²) in [6, 6.07) is 1.93. The lowest BCUT2D eigenvalue weighted by molar-refractivity contribution is 0.256. The lowest BCUT2D eigenvalue weighted by Crippen LogP contribution is -2.06. The second-order valence-corrected chi connectivity index (χ2v) is 4.21. The third-order valence-electron chi connectivity index (χ3n) is 1.95. The number of hydrogen-bond acceptors (Lipinski definition) is 5. The van der Waals surface area contributed by atoms with Crippen LogP contribution < -0.4 is 0 Å². The van der Waals surface area contributed by atoms with Crippen molar-refractivity contribution in [3.63, 3.8) is 0 Å². The molecule has 0 fully saturated rings. The van der Waals surface area contributed by atoms with Crippen LogP contribution in [-0.4, -0.2) is 27.2 Å². The summed E-state index contributed by atoms with van der Waals surface area (Å²) in [5, 5.41) is 22.2. The van der Waals surface area contributed by atoms with Crippen LogP contribution in [0.5, 0.6) is 0 Å². The summed E-state index contributed by atoms with van der Waals surface area (Å²) in [6.07, 6.45) is 0.468. The van der Waals surface area contributed by atoms with Gasteiger partial charge < -0.3 is 5.11 Å². The molecule has 5 nitrogen and oxygen atoms in total. The molecular weight excluding hydrogens is 200 g/mol. The summed E-state index contributed by atoms with van der Waals surface area (Å²) in [4.78, 5) is 0. The van der Waals surface area contributed by atoms with Crippen molar-refractivity contribution in [3.05, 3.63) is 6.07 Å². The van der Waals surface area contributed by atoms with Crippen LogP contribution in [-0.2, 0) is 0 Å². The quantitative estimate of drug-likeness (QED) is 0.776. The Hall–Kier alpha value is -0.880. The van der Waals surface area contributed by atoms with Gasteiger partial charge in [0.15, 0.2) is 12.0 Å². The van der Waals surface area contributed by atoms with Crippen LogP contribution in [0.3, 0.4) is 0 Å². The van der Waals surface area contributed by atoms with Crippen LogP contribution in [0.25, 0.3) is 0 Å².